The summed E-state index contributed by atoms with van der Waals surface area (Å²) in [6, 6.07) is 0. The molecule has 0 unspecified atom stereocenters. The van der Waals surface area contributed by atoms with Crippen molar-refractivity contribution in [2.75, 3.05) is 0 Å². The Kier molecular flexibility index (Phi) is 4.05. The van der Waals surface area contributed by atoms with E-state index in [-0.39, 0.29) is 12.4 Å². The van der Waals surface area contributed by atoms with Crippen LogP contribution in [0.25, 0.3) is 5.53 Å². The van der Waals surface area contributed by atoms with Gasteiger partial charge in [-0.25, -0.2) is 0 Å². The van der Waals surface area contributed by atoms with Crippen LogP contribution in [0.3, 0.4) is 0 Å². The minimum Gasteiger partial charge on any atom is -0.361 e. The molecule has 0 bridgehead atoms. The minimum absolute atomic E-state index is 0. The summed E-state index contributed by atoms with van der Waals surface area (Å²) in [5.41, 5.74) is 8.88. The van der Waals surface area contributed by atoms with E-state index in [1.54, 1.807) is 18.2 Å². The quantitative estimate of drug-likeness (QED) is 0.401. The van der Waals surface area contributed by atoms with Gasteiger partial charge in [0.25, 0.3) is 5.71 Å². The van der Waals surface area contributed by atoms with Crippen LogP contribution < -0.4 is 0 Å². The zero-order valence-corrected chi connectivity index (χ0v) is 6.69. The van der Waals surface area contributed by atoms with Crippen LogP contribution in [0, 0.1) is 0 Å². The van der Waals surface area contributed by atoms with Crippen LogP contribution in [-0.2, 0) is 0 Å². The van der Waals surface area contributed by atoms with Crippen molar-refractivity contribution in [3.05, 3.63) is 28.8 Å². The molecule has 2 nitrogen and oxygen atoms in total. The highest BCUT2D eigenvalue weighted by molar-refractivity contribution is 6.32. The summed E-state index contributed by atoms with van der Waals surface area (Å²) in [5, 5.41) is 0.697. The van der Waals surface area contributed by atoms with Gasteiger partial charge in [-0.05, 0) is 6.08 Å². The first-order valence-electron chi connectivity index (χ1n) is 2.57. The van der Waals surface area contributed by atoms with Crippen molar-refractivity contribution in [1.29, 1.82) is 0 Å². The second kappa shape index (κ2) is 4.29. The first kappa shape index (κ1) is 9.44. The molecule has 0 saturated heterocycles. The van der Waals surface area contributed by atoms with Gasteiger partial charge in [-0.15, -0.1) is 12.4 Å². The highest BCUT2D eigenvalue weighted by atomic mass is 35.5. The van der Waals surface area contributed by atoms with Crippen LogP contribution >= 0.6 is 24.0 Å². The average Bonchev–Trinajstić information content (AvgIpc) is 1.90. The molecule has 0 aromatic rings. The molecule has 1 aliphatic rings. The number of rotatable bonds is 0. The zero-order valence-electron chi connectivity index (χ0n) is 5.12. The van der Waals surface area contributed by atoms with Gasteiger partial charge >= 0.3 is 0 Å². The van der Waals surface area contributed by atoms with E-state index in [0.29, 0.717) is 17.2 Å². The van der Waals surface area contributed by atoms with Gasteiger partial charge in [-0.2, -0.15) is 4.79 Å². The Morgan fingerprint density at radius 3 is 2.60 bits per heavy atom. The molecule has 0 fully saturated rings. The third-order valence-corrected chi connectivity index (χ3v) is 1.35. The number of allylic oxidation sites excluding steroid dienone is 4. The average molecular weight is 177 g/mol. The summed E-state index contributed by atoms with van der Waals surface area (Å²) in [4.78, 5) is 3.01. The first-order valence-corrected chi connectivity index (χ1v) is 2.95. The van der Waals surface area contributed by atoms with Gasteiger partial charge in [0.15, 0.2) is 0 Å². The third kappa shape index (κ3) is 2.36. The molecule has 0 saturated carbocycles. The van der Waals surface area contributed by atoms with Crippen LogP contribution in [0.2, 0.25) is 0 Å². The van der Waals surface area contributed by atoms with Gasteiger partial charge in [0.05, 0.1) is 6.42 Å². The number of hydrogen-bond acceptors (Lipinski definition) is 0. The van der Waals surface area contributed by atoms with Crippen molar-refractivity contribution >= 4 is 29.7 Å². The van der Waals surface area contributed by atoms with E-state index in [1.807, 2.05) is 0 Å². The Labute approximate surface area is 70.2 Å². The predicted octanol–water partition coefficient (Wildman–Crippen LogP) is 2.16. The summed E-state index contributed by atoms with van der Waals surface area (Å²) in [5.74, 6) is 0. The molecule has 0 radical (unpaired) electrons. The maximum Gasteiger partial charge on any atom is 0.295 e. The van der Waals surface area contributed by atoms with Gasteiger partial charge in [0.1, 0.15) is 0 Å². The van der Waals surface area contributed by atoms with E-state index in [2.05, 4.69) is 4.79 Å². The van der Waals surface area contributed by atoms with Crippen molar-refractivity contribution in [3.8, 4) is 0 Å². The smallest absolute Gasteiger partial charge is 0.295 e. The number of nitrogens with zero attached hydrogens (tertiary/aromatic N) is 2. The van der Waals surface area contributed by atoms with Crippen LogP contribution in [0.15, 0.2) is 23.3 Å². The lowest BCUT2D eigenvalue weighted by atomic mass is 10.2. The molecule has 1 aliphatic carbocycles. The van der Waals surface area contributed by atoms with E-state index in [0.717, 1.165) is 0 Å². The van der Waals surface area contributed by atoms with Crippen molar-refractivity contribution in [3.63, 3.8) is 0 Å². The molecule has 10 heavy (non-hydrogen) atoms. The maximum atomic E-state index is 8.24. The van der Waals surface area contributed by atoms with Crippen molar-refractivity contribution in [1.82, 2.24) is 0 Å². The fourth-order valence-electron chi connectivity index (χ4n) is 0.588. The number of hydrogen-bond donors (Lipinski definition) is 0. The van der Waals surface area contributed by atoms with Gasteiger partial charge in [0, 0.05) is 11.1 Å². The highest BCUT2D eigenvalue weighted by Crippen LogP contribution is 2.09. The van der Waals surface area contributed by atoms with Gasteiger partial charge in [0.2, 0.25) is 0 Å². The van der Waals surface area contributed by atoms with Gasteiger partial charge < -0.3 is 5.53 Å². The van der Waals surface area contributed by atoms with E-state index in [4.69, 9.17) is 17.1 Å². The lowest BCUT2D eigenvalue weighted by Gasteiger charge is -1.91. The molecule has 0 N–H and O–H groups in total. The lowest BCUT2D eigenvalue weighted by molar-refractivity contribution is -0.00538. The van der Waals surface area contributed by atoms with Crippen molar-refractivity contribution < 1.29 is 4.79 Å². The second-order valence-electron chi connectivity index (χ2n) is 1.72. The number of halogens is 2. The second-order valence-corrected chi connectivity index (χ2v) is 2.15. The van der Waals surface area contributed by atoms with E-state index >= 15 is 0 Å². The van der Waals surface area contributed by atoms with Gasteiger partial charge in [-0.3, -0.25) is 0 Å². The Hall–Kier alpha value is -0.560. The van der Waals surface area contributed by atoms with E-state index in [1.165, 1.54) is 0 Å². The van der Waals surface area contributed by atoms with Crippen LogP contribution in [0.5, 0.6) is 0 Å². The summed E-state index contributed by atoms with van der Waals surface area (Å²) < 4.78 is 0. The Morgan fingerprint density at radius 2 is 2.20 bits per heavy atom. The molecule has 0 aromatic heterocycles. The molecular weight excluding hydrogens is 171 g/mol. The molecule has 0 atom stereocenters. The predicted molar refractivity (Wildman–Crippen MR) is 43.6 cm³/mol. The summed E-state index contributed by atoms with van der Waals surface area (Å²) >= 11 is 5.58. The third-order valence-electron chi connectivity index (χ3n) is 1.07. The molecule has 4 heteroatoms. The molecule has 0 aromatic carbocycles. The first-order chi connectivity index (χ1) is 4.33. The summed E-state index contributed by atoms with van der Waals surface area (Å²) in [6.45, 7) is 0. The highest BCUT2D eigenvalue weighted by Gasteiger charge is 2.04. The Balaban J connectivity index is 0.000000810. The van der Waals surface area contributed by atoms with Crippen LogP contribution in [0.1, 0.15) is 6.42 Å². The minimum atomic E-state index is 0. The van der Waals surface area contributed by atoms with Crippen molar-refractivity contribution in [2.45, 2.75) is 6.42 Å². The molecule has 0 aliphatic heterocycles. The zero-order chi connectivity index (χ0) is 6.69. The maximum absolute atomic E-state index is 8.24. The van der Waals surface area contributed by atoms with Crippen LogP contribution in [-0.4, -0.2) is 10.5 Å². The molecule has 0 amide bonds. The summed E-state index contributed by atoms with van der Waals surface area (Å²) in [7, 11) is 0. The monoisotopic (exact) mass is 176 g/mol. The molecule has 1 rings (SSSR count). The summed E-state index contributed by atoms with van der Waals surface area (Å²) in [6.07, 6.45) is 5.78. The molecule has 54 valence electrons. The van der Waals surface area contributed by atoms with E-state index in [9.17, 15) is 0 Å². The van der Waals surface area contributed by atoms with Crippen molar-refractivity contribution in [2.24, 2.45) is 0 Å². The van der Waals surface area contributed by atoms with Gasteiger partial charge in [-0.1, -0.05) is 17.7 Å². The van der Waals surface area contributed by atoms with Crippen LogP contribution in [0.4, 0.5) is 0 Å². The Bertz CT molecular complexity index is 224. The lowest BCUT2D eigenvalue weighted by Crippen LogP contribution is -1.95. The fourth-order valence-corrected chi connectivity index (χ4v) is 0.728. The molecular formula is C6H6Cl2N2. The topological polar surface area (TPSA) is 36.4 Å². The Morgan fingerprint density at radius 1 is 1.50 bits per heavy atom. The molecule has 0 heterocycles. The largest absolute Gasteiger partial charge is 0.361 e. The standard InChI is InChI=1S/C6H5ClN2.ClH/c7-5-1-3-6(9-8)4-2-5;/h1-3H,4H2;1H. The fraction of sp³-hybridized carbons (Fsp3) is 0.167. The molecule has 0 spiro atoms. The SMILES string of the molecule is Cl.[N-]=[N+]=C1C=CC(Cl)=CC1. The van der Waals surface area contributed by atoms with E-state index < -0.39 is 0 Å². The normalized spacial score (nSPS) is 15.3.